The van der Waals surface area contributed by atoms with Crippen molar-refractivity contribution in [2.24, 2.45) is 23.3 Å². The fourth-order valence-corrected chi connectivity index (χ4v) is 8.22. The highest BCUT2D eigenvalue weighted by Gasteiger charge is 2.34. The van der Waals surface area contributed by atoms with Gasteiger partial charge in [0, 0.05) is 62.4 Å². The number of carbonyl (C=O) groups excluding carboxylic acids is 5. The minimum absolute atomic E-state index is 0.00876. The zero-order chi connectivity index (χ0) is 42.1. The van der Waals surface area contributed by atoms with Crippen LogP contribution in [0.15, 0.2) is 36.4 Å². The Morgan fingerprint density at radius 2 is 1.47 bits per heavy atom. The van der Waals surface area contributed by atoms with Gasteiger partial charge in [-0.15, -0.1) is 0 Å². The summed E-state index contributed by atoms with van der Waals surface area (Å²) in [7, 11) is -2.07. The number of ketones is 3. The smallest absolute Gasteiger partial charge is 0.224 e. The Morgan fingerprint density at radius 3 is 2.09 bits per heavy atom. The number of nitrogens with zero attached hydrogens (tertiary/aromatic N) is 1. The molecule has 0 radical (unpaired) electrons. The molecule has 2 aromatic carbocycles. The topological polar surface area (TPSA) is 205 Å². The highest BCUT2D eigenvalue weighted by molar-refractivity contribution is 7.91. The second kappa shape index (κ2) is 23.3. The average molecular weight is 813 g/mol. The minimum atomic E-state index is -3.53. The van der Waals surface area contributed by atoms with Crippen LogP contribution in [0.3, 0.4) is 0 Å². The Kier molecular flexibility index (Phi) is 19.3. The van der Waals surface area contributed by atoms with E-state index >= 15 is 0 Å². The molecule has 1 aliphatic rings. The molecule has 14 heteroatoms. The van der Waals surface area contributed by atoms with Gasteiger partial charge in [-0.3, -0.25) is 24.0 Å². The van der Waals surface area contributed by atoms with E-state index in [-0.39, 0.29) is 75.1 Å². The molecular formula is C43H64N4O9S. The lowest BCUT2D eigenvalue weighted by Crippen LogP contribution is -2.46. The zero-order valence-electron chi connectivity index (χ0n) is 34.5. The van der Waals surface area contributed by atoms with E-state index in [0.717, 1.165) is 32.1 Å². The molecule has 4 atom stereocenters. The molecule has 2 aromatic rings. The quantitative estimate of drug-likeness (QED) is 0.136. The van der Waals surface area contributed by atoms with E-state index < -0.39 is 51.4 Å². The maximum Gasteiger partial charge on any atom is 0.224 e. The number of carbonyl (C=O) groups is 5. The first kappa shape index (κ1) is 47.2. The third-order valence-corrected chi connectivity index (χ3v) is 12.2. The fourth-order valence-electron chi connectivity index (χ4n) is 6.89. The first-order valence-electron chi connectivity index (χ1n) is 20.4. The lowest BCUT2D eigenvalue weighted by atomic mass is 9.88. The lowest BCUT2D eigenvalue weighted by molar-refractivity contribution is -0.139. The number of fused-ring (bicyclic) bond motifs is 5. The largest absolute Gasteiger partial charge is 0.492 e. The first-order valence-corrected chi connectivity index (χ1v) is 22.2. The zero-order valence-corrected chi connectivity index (χ0v) is 35.3. The van der Waals surface area contributed by atoms with Crippen LogP contribution < -0.4 is 26.3 Å². The summed E-state index contributed by atoms with van der Waals surface area (Å²) in [5, 5.41) is 2.84. The van der Waals surface area contributed by atoms with E-state index in [2.05, 4.69) is 12.2 Å². The van der Waals surface area contributed by atoms with Gasteiger partial charge in [0.1, 0.15) is 36.5 Å². The Balaban J connectivity index is 2.08. The molecule has 0 aromatic heterocycles. The summed E-state index contributed by atoms with van der Waals surface area (Å²) in [6.45, 7) is 7.60. The van der Waals surface area contributed by atoms with Crippen LogP contribution in [-0.4, -0.2) is 93.4 Å². The van der Waals surface area contributed by atoms with Gasteiger partial charge in [0.2, 0.25) is 11.8 Å². The van der Waals surface area contributed by atoms with Crippen LogP contribution >= 0.6 is 0 Å². The normalized spacial score (nSPS) is 17.9. The molecule has 0 saturated carbocycles. The molecule has 2 amide bonds. The summed E-state index contributed by atoms with van der Waals surface area (Å²) in [5.41, 5.74) is 13.8. The summed E-state index contributed by atoms with van der Waals surface area (Å²) in [4.78, 5) is 68.9. The predicted molar refractivity (Wildman–Crippen MR) is 222 cm³/mol. The number of sulfone groups is 1. The van der Waals surface area contributed by atoms with Gasteiger partial charge in [0.25, 0.3) is 0 Å². The highest BCUT2D eigenvalue weighted by Crippen LogP contribution is 2.40. The number of unbranched alkanes of at least 4 members (excludes halogenated alkanes) is 6. The number of Topliss-reactive ketones (excluding diaryl/α,β-unsaturated/α-hetero) is 3. The molecule has 4 bridgehead atoms. The number of hydrogen-bond acceptors (Lipinski definition) is 11. The van der Waals surface area contributed by atoms with E-state index in [4.69, 9.17) is 20.9 Å². The molecule has 0 unspecified atom stereocenters. The molecule has 57 heavy (non-hydrogen) atoms. The van der Waals surface area contributed by atoms with Gasteiger partial charge >= 0.3 is 0 Å². The summed E-state index contributed by atoms with van der Waals surface area (Å²) < 4.78 is 38.1. The molecule has 0 saturated heterocycles. The van der Waals surface area contributed by atoms with Gasteiger partial charge in [-0.25, -0.2) is 8.42 Å². The number of nitrogens with one attached hydrogen (secondary N) is 1. The van der Waals surface area contributed by atoms with Crippen LogP contribution in [0, 0.1) is 11.8 Å². The Bertz CT molecular complexity index is 1800. The van der Waals surface area contributed by atoms with Gasteiger partial charge in [0.05, 0.1) is 17.5 Å². The van der Waals surface area contributed by atoms with Gasteiger partial charge in [0.15, 0.2) is 21.4 Å². The molecule has 0 fully saturated rings. The Morgan fingerprint density at radius 1 is 0.877 bits per heavy atom. The maximum absolute atomic E-state index is 14.4. The van der Waals surface area contributed by atoms with Crippen molar-refractivity contribution in [1.82, 2.24) is 10.2 Å². The standard InChI is InChI=1S/C43H64N4O9S/c1-6-7-8-9-10-11-12-22-57(53,54)23-17-41(51)47(5)42-33-14-16-40(56-21-19-45)35(28-33)34-26-32(13-15-39(34)55-20-18-44)27-36(37(49)24-29(2)31(4)48)46-43(52)30(3)25-38(42)50/h13-16,26,28-30,36,42H,6-12,17-25,27,44-45H2,1-5H3,(H,46,52)/t29-,30-,36+,42+/m1/s1. The molecule has 0 aliphatic carbocycles. The molecule has 1 heterocycles. The van der Waals surface area contributed by atoms with E-state index in [9.17, 15) is 32.4 Å². The summed E-state index contributed by atoms with van der Waals surface area (Å²) in [6.07, 6.45) is 6.22. The summed E-state index contributed by atoms with van der Waals surface area (Å²) in [5.74, 6) is -2.98. The van der Waals surface area contributed by atoms with E-state index in [1.165, 1.54) is 25.3 Å². The van der Waals surface area contributed by atoms with Crippen LogP contribution in [0.2, 0.25) is 0 Å². The average Bonchev–Trinajstić information content (AvgIpc) is 3.17. The predicted octanol–water partition coefficient (Wildman–Crippen LogP) is 4.90. The van der Waals surface area contributed by atoms with Crippen molar-refractivity contribution in [1.29, 1.82) is 0 Å². The third kappa shape index (κ3) is 14.6. The number of hydrogen-bond donors (Lipinski definition) is 3. The molecule has 316 valence electrons. The first-order chi connectivity index (χ1) is 27.1. The molecule has 0 spiro atoms. The Hall–Kier alpha value is -4.14. The minimum Gasteiger partial charge on any atom is -0.492 e. The second-order valence-corrected chi connectivity index (χ2v) is 17.6. The lowest BCUT2D eigenvalue weighted by Gasteiger charge is -2.30. The summed E-state index contributed by atoms with van der Waals surface area (Å²) in [6, 6.07) is 8.22. The molecule has 3 rings (SSSR count). The van der Waals surface area contributed by atoms with E-state index in [0.29, 0.717) is 40.2 Å². The van der Waals surface area contributed by atoms with Crippen molar-refractivity contribution in [3.8, 4) is 22.6 Å². The third-order valence-electron chi connectivity index (χ3n) is 10.5. The van der Waals surface area contributed by atoms with Crippen molar-refractivity contribution in [2.45, 2.75) is 110 Å². The van der Waals surface area contributed by atoms with Crippen LogP contribution in [0.4, 0.5) is 0 Å². The van der Waals surface area contributed by atoms with Crippen LogP contribution in [0.25, 0.3) is 11.1 Å². The monoisotopic (exact) mass is 812 g/mol. The maximum atomic E-state index is 14.4. The molecule has 1 aliphatic heterocycles. The fraction of sp³-hybridized carbons (Fsp3) is 0.605. The van der Waals surface area contributed by atoms with E-state index in [1.54, 1.807) is 44.2 Å². The number of nitrogens with two attached hydrogens (primary N) is 2. The van der Waals surface area contributed by atoms with Crippen molar-refractivity contribution in [3.63, 3.8) is 0 Å². The van der Waals surface area contributed by atoms with Crippen molar-refractivity contribution >= 4 is 39.0 Å². The van der Waals surface area contributed by atoms with Crippen LogP contribution in [0.1, 0.15) is 109 Å². The number of ether oxygens (including phenoxy) is 2. The summed E-state index contributed by atoms with van der Waals surface area (Å²) >= 11 is 0. The number of rotatable bonds is 22. The van der Waals surface area contributed by atoms with E-state index in [1.807, 2.05) is 6.07 Å². The van der Waals surface area contributed by atoms with Crippen molar-refractivity contribution in [3.05, 3.63) is 47.5 Å². The van der Waals surface area contributed by atoms with Crippen molar-refractivity contribution < 1.29 is 41.9 Å². The van der Waals surface area contributed by atoms with Gasteiger partial charge in [-0.2, -0.15) is 0 Å². The number of amides is 2. The van der Waals surface area contributed by atoms with Gasteiger partial charge in [-0.05, 0) is 55.2 Å². The second-order valence-electron chi connectivity index (χ2n) is 15.3. The number of benzene rings is 2. The Labute approximate surface area is 338 Å². The van der Waals surface area contributed by atoms with Crippen molar-refractivity contribution in [2.75, 3.05) is 44.9 Å². The SMILES string of the molecule is CCCCCCCCCS(=O)(=O)CCC(=O)N(C)[C@@H]1C(=O)C[C@@H](C)C(=O)N[C@H](C(=O)C[C@@H](C)C(C)=O)Cc2ccc(OCCN)c(c2)-c2cc1ccc2OCCN. The highest BCUT2D eigenvalue weighted by atomic mass is 32.2. The number of likely N-dealkylation sites (N-methyl/N-ethyl adjacent to an activating group) is 1. The molecule has 13 nitrogen and oxygen atoms in total. The molecule has 5 N–H and O–H groups in total. The molecular weight excluding hydrogens is 749 g/mol. The van der Waals surface area contributed by atoms with Gasteiger partial charge in [-0.1, -0.05) is 71.4 Å². The van der Waals surface area contributed by atoms with Crippen LogP contribution in [0.5, 0.6) is 11.5 Å². The van der Waals surface area contributed by atoms with Crippen LogP contribution in [-0.2, 0) is 40.2 Å². The van der Waals surface area contributed by atoms with Gasteiger partial charge < -0.3 is 31.2 Å².